The van der Waals surface area contributed by atoms with Gasteiger partial charge >= 0.3 is 5.97 Å². The lowest BCUT2D eigenvalue weighted by Crippen LogP contribution is -2.29. The highest BCUT2D eigenvalue weighted by Gasteiger charge is 2.36. The summed E-state index contributed by atoms with van der Waals surface area (Å²) in [6.07, 6.45) is -0.483. The fraction of sp³-hybridized carbons (Fsp3) is 0.182. The number of fused-ring (bicyclic) bond motifs is 1. The van der Waals surface area contributed by atoms with E-state index in [1.165, 1.54) is 0 Å². The Morgan fingerprint density at radius 1 is 1.14 bits per heavy atom. The third-order valence-electron chi connectivity index (χ3n) is 4.66. The number of halogens is 1. The van der Waals surface area contributed by atoms with Crippen LogP contribution >= 0.6 is 15.9 Å². The molecule has 1 heterocycles. The Morgan fingerprint density at radius 3 is 2.57 bits per heavy atom. The molecule has 0 radical (unpaired) electrons. The Kier molecular flexibility index (Phi) is 5.05. The first kappa shape index (κ1) is 18.5. The molecule has 5 nitrogen and oxygen atoms in total. The van der Waals surface area contributed by atoms with Gasteiger partial charge in [-0.2, -0.15) is 0 Å². The Bertz CT molecular complexity index is 1060. The normalized spacial score (nSPS) is 18.6. The largest absolute Gasteiger partial charge is 0.506 e. The molecule has 142 valence electrons. The Balaban J connectivity index is 1.59. The molecule has 2 atom stereocenters. The molecule has 0 bridgehead atoms. The summed E-state index contributed by atoms with van der Waals surface area (Å²) in [6, 6.07) is 17.9. The maximum Gasteiger partial charge on any atom is 0.335 e. The van der Waals surface area contributed by atoms with Crippen LogP contribution in [0.2, 0.25) is 0 Å². The van der Waals surface area contributed by atoms with Gasteiger partial charge in [0.25, 0.3) is 0 Å². The van der Waals surface area contributed by atoms with Crippen LogP contribution in [0.15, 0.2) is 70.1 Å². The zero-order valence-corrected chi connectivity index (χ0v) is 16.7. The minimum atomic E-state index is -0.775. The quantitative estimate of drug-likeness (QED) is 0.603. The number of nitrogens with zero attached hydrogens (tertiary/aromatic N) is 1. The number of carbonyl (C=O) groups is 1. The van der Waals surface area contributed by atoms with Crippen LogP contribution < -0.4 is 0 Å². The summed E-state index contributed by atoms with van der Waals surface area (Å²) in [5.74, 6) is -0.146. The van der Waals surface area contributed by atoms with E-state index in [0.29, 0.717) is 10.9 Å². The second-order valence-electron chi connectivity index (χ2n) is 6.60. The van der Waals surface area contributed by atoms with Gasteiger partial charge < -0.3 is 14.6 Å². The van der Waals surface area contributed by atoms with E-state index >= 15 is 0 Å². The topological polar surface area (TPSA) is 68.1 Å². The van der Waals surface area contributed by atoms with Crippen molar-refractivity contribution in [1.82, 2.24) is 0 Å². The first-order valence-electron chi connectivity index (χ1n) is 8.90. The summed E-state index contributed by atoms with van der Waals surface area (Å²) in [7, 11) is 0. The van der Waals surface area contributed by atoms with E-state index in [-0.39, 0.29) is 18.3 Å². The monoisotopic (exact) mass is 439 g/mol. The molecule has 0 unspecified atom stereocenters. The second-order valence-corrected chi connectivity index (χ2v) is 7.45. The third-order valence-corrected chi connectivity index (χ3v) is 5.32. The highest BCUT2D eigenvalue weighted by molar-refractivity contribution is 9.10. The lowest BCUT2D eigenvalue weighted by atomic mass is 10.1. The van der Waals surface area contributed by atoms with Crippen molar-refractivity contribution in [2.75, 3.05) is 0 Å². The van der Waals surface area contributed by atoms with Crippen LogP contribution in [0.1, 0.15) is 18.1 Å². The van der Waals surface area contributed by atoms with Crippen molar-refractivity contribution in [3.8, 4) is 5.75 Å². The van der Waals surface area contributed by atoms with E-state index in [2.05, 4.69) is 20.9 Å². The lowest BCUT2D eigenvalue weighted by molar-refractivity contribution is -0.147. The average Bonchev–Trinajstić information content (AvgIpc) is 3.11. The number of benzene rings is 3. The van der Waals surface area contributed by atoms with E-state index in [9.17, 15) is 9.90 Å². The van der Waals surface area contributed by atoms with Crippen LogP contribution in [0.3, 0.4) is 0 Å². The zero-order chi connectivity index (χ0) is 19.7. The zero-order valence-electron chi connectivity index (χ0n) is 15.1. The van der Waals surface area contributed by atoms with Gasteiger partial charge in [-0.1, -0.05) is 70.5 Å². The van der Waals surface area contributed by atoms with E-state index in [1.54, 1.807) is 13.0 Å². The van der Waals surface area contributed by atoms with Gasteiger partial charge in [0.2, 0.25) is 5.90 Å². The molecule has 0 aliphatic carbocycles. The molecule has 0 spiro atoms. The summed E-state index contributed by atoms with van der Waals surface area (Å²) in [6.45, 7) is 1.94. The van der Waals surface area contributed by atoms with Gasteiger partial charge in [-0.25, -0.2) is 9.79 Å². The fourth-order valence-electron chi connectivity index (χ4n) is 3.17. The molecule has 0 fully saturated rings. The average molecular weight is 440 g/mol. The highest BCUT2D eigenvalue weighted by atomic mass is 79.9. The fourth-order valence-corrected chi connectivity index (χ4v) is 3.75. The maximum absolute atomic E-state index is 12.5. The van der Waals surface area contributed by atoms with Crippen LogP contribution in [0.4, 0.5) is 0 Å². The van der Waals surface area contributed by atoms with Crippen molar-refractivity contribution in [1.29, 1.82) is 0 Å². The summed E-state index contributed by atoms with van der Waals surface area (Å²) in [4.78, 5) is 16.9. The molecule has 3 aromatic carbocycles. The molecule has 3 aromatic rings. The molecule has 4 rings (SSSR count). The third kappa shape index (κ3) is 3.47. The number of rotatable bonds is 4. The molecule has 1 N–H and O–H groups in total. The van der Waals surface area contributed by atoms with E-state index in [1.807, 2.05) is 54.6 Å². The number of phenolic OH excluding ortho intramolecular Hbond substituents is 1. The van der Waals surface area contributed by atoms with Gasteiger partial charge in [0.15, 0.2) is 6.04 Å². The maximum atomic E-state index is 12.5. The number of aliphatic imine (C=N–C) groups is 1. The molecular formula is C22H18BrNO4. The molecule has 1 aliphatic rings. The highest BCUT2D eigenvalue weighted by Crippen LogP contribution is 2.36. The van der Waals surface area contributed by atoms with Gasteiger partial charge in [0, 0.05) is 9.86 Å². The minimum absolute atomic E-state index is 0.0723. The number of esters is 1. The van der Waals surface area contributed by atoms with Crippen molar-refractivity contribution in [2.45, 2.75) is 25.7 Å². The van der Waals surface area contributed by atoms with Crippen molar-refractivity contribution in [2.24, 2.45) is 4.99 Å². The van der Waals surface area contributed by atoms with Crippen molar-refractivity contribution >= 4 is 38.6 Å². The van der Waals surface area contributed by atoms with Crippen LogP contribution in [0.25, 0.3) is 10.8 Å². The van der Waals surface area contributed by atoms with E-state index in [0.717, 1.165) is 15.4 Å². The van der Waals surface area contributed by atoms with Gasteiger partial charge in [0.1, 0.15) is 18.5 Å². The number of carbonyl (C=O) groups excluding carboxylic acids is 1. The first-order chi connectivity index (χ1) is 13.5. The molecule has 28 heavy (non-hydrogen) atoms. The summed E-state index contributed by atoms with van der Waals surface area (Å²) >= 11 is 3.53. The van der Waals surface area contributed by atoms with Gasteiger partial charge in [-0.05, 0) is 23.9 Å². The molecule has 0 saturated heterocycles. The van der Waals surface area contributed by atoms with Crippen LogP contribution in [0, 0.1) is 0 Å². The van der Waals surface area contributed by atoms with Crippen LogP contribution in [-0.4, -0.2) is 29.1 Å². The van der Waals surface area contributed by atoms with Crippen LogP contribution in [0.5, 0.6) is 5.75 Å². The van der Waals surface area contributed by atoms with E-state index in [4.69, 9.17) is 9.47 Å². The van der Waals surface area contributed by atoms with Crippen molar-refractivity contribution in [3.63, 3.8) is 0 Å². The van der Waals surface area contributed by atoms with Gasteiger partial charge in [0.05, 0.1) is 5.56 Å². The smallest absolute Gasteiger partial charge is 0.335 e. The number of aromatic hydroxyl groups is 1. The van der Waals surface area contributed by atoms with Gasteiger partial charge in [-0.15, -0.1) is 0 Å². The minimum Gasteiger partial charge on any atom is -0.506 e. The molecule has 1 aliphatic heterocycles. The van der Waals surface area contributed by atoms with Gasteiger partial charge in [-0.3, -0.25) is 0 Å². The van der Waals surface area contributed by atoms with Crippen molar-refractivity contribution < 1.29 is 19.4 Å². The Morgan fingerprint density at radius 2 is 1.82 bits per heavy atom. The summed E-state index contributed by atoms with van der Waals surface area (Å²) in [5.41, 5.74) is 1.35. The molecule has 0 saturated carbocycles. The standard InChI is InChI=1S/C22H18BrNO4/c1-13-19(22(26)27-12-14-7-3-2-4-8-14)24-21(28-13)17-11-18(23)15-9-5-6-10-16(15)20(17)25/h2-11,13,19,25H,12H2,1H3/t13-,19-/m0/s1. The van der Waals surface area contributed by atoms with E-state index < -0.39 is 18.1 Å². The number of ether oxygens (including phenoxy) is 2. The predicted octanol–water partition coefficient (Wildman–Crippen LogP) is 4.59. The SMILES string of the molecule is C[C@@H]1OC(c2cc(Br)c3ccccc3c2O)=N[C@@H]1C(=O)OCc1ccccc1. The number of hydrogen-bond acceptors (Lipinski definition) is 5. The molecular weight excluding hydrogens is 422 g/mol. The van der Waals surface area contributed by atoms with Crippen LogP contribution in [-0.2, 0) is 20.9 Å². The predicted molar refractivity (Wildman–Crippen MR) is 110 cm³/mol. The Labute approximate surface area is 170 Å². The first-order valence-corrected chi connectivity index (χ1v) is 9.69. The van der Waals surface area contributed by atoms with Crippen molar-refractivity contribution in [3.05, 3.63) is 76.3 Å². The number of hydrogen-bond donors (Lipinski definition) is 1. The summed E-state index contributed by atoms with van der Waals surface area (Å²) in [5, 5.41) is 12.3. The Hall–Kier alpha value is -2.86. The summed E-state index contributed by atoms with van der Waals surface area (Å²) < 4.78 is 12.0. The molecule has 0 amide bonds. The number of phenols is 1. The second kappa shape index (κ2) is 7.64. The molecule has 0 aromatic heterocycles. The lowest BCUT2D eigenvalue weighted by Gasteiger charge is -2.13. The molecule has 6 heteroatoms.